The number of carboxylic acids is 1. The summed E-state index contributed by atoms with van der Waals surface area (Å²) in [6.45, 7) is 3.95. The first kappa shape index (κ1) is 16.3. The maximum atomic E-state index is 9.49. The number of unbranched alkanes of at least 4 members (excludes halogenated alkanes) is 1. The van der Waals surface area contributed by atoms with Gasteiger partial charge >= 0.3 is 59.6 Å². The zero-order valence-electron chi connectivity index (χ0n) is 8.11. The van der Waals surface area contributed by atoms with E-state index in [0.29, 0.717) is 6.42 Å². The van der Waals surface area contributed by atoms with Gasteiger partial charge in [0.1, 0.15) is 0 Å². The summed E-state index contributed by atoms with van der Waals surface area (Å²) in [5, 5.41) is 9.49. The normalized spacial score (nSPS) is 8.62. The second-order valence-corrected chi connectivity index (χ2v) is 13.3. The van der Waals surface area contributed by atoms with Crippen LogP contribution in [-0.2, 0) is 4.79 Å². The zero-order valence-corrected chi connectivity index (χ0v) is 12.5. The number of hydrogen-bond donors (Lipinski definition) is 0. The summed E-state index contributed by atoms with van der Waals surface area (Å²) in [5.74, 6) is -0.961. The van der Waals surface area contributed by atoms with Crippen molar-refractivity contribution in [2.75, 3.05) is 0 Å². The summed E-state index contributed by atoms with van der Waals surface area (Å²) in [7, 11) is 11.2. The Kier molecular flexibility index (Phi) is 16.1. The van der Waals surface area contributed by atoms with E-state index in [1.807, 2.05) is 0 Å². The van der Waals surface area contributed by atoms with Gasteiger partial charge in [0.2, 0.25) is 0 Å². The fraction of sp³-hybridized carbons (Fsp3) is 0.875. The molecular weight excluding hydrogens is 318 g/mol. The molecule has 0 fully saturated rings. The summed E-state index contributed by atoms with van der Waals surface area (Å²) in [5.41, 5.74) is 0. The first-order valence-corrected chi connectivity index (χ1v) is 13.7. The average Bonchev–Trinajstić information content (AvgIpc) is 2.01. The van der Waals surface area contributed by atoms with E-state index in [1.165, 1.54) is 12.8 Å². The quantitative estimate of drug-likeness (QED) is 0.724. The SMILES string of the molecule is CCCC(=O)[O-].CCC[CH2][Sn+]([Cl])[Cl]. The van der Waals surface area contributed by atoms with Crippen LogP contribution in [-0.4, -0.2) is 23.5 Å². The van der Waals surface area contributed by atoms with Gasteiger partial charge in [0, 0.05) is 5.97 Å². The molecule has 5 heteroatoms. The van der Waals surface area contributed by atoms with E-state index in [1.54, 1.807) is 6.92 Å². The Morgan fingerprint density at radius 3 is 1.92 bits per heavy atom. The molecule has 0 aliphatic rings. The van der Waals surface area contributed by atoms with E-state index in [0.717, 1.165) is 4.44 Å². The number of carbonyl (C=O) groups is 1. The van der Waals surface area contributed by atoms with E-state index >= 15 is 0 Å². The third-order valence-corrected chi connectivity index (χ3v) is 5.80. The van der Waals surface area contributed by atoms with Crippen LogP contribution in [0.2, 0.25) is 4.44 Å². The molecule has 0 aromatic carbocycles. The van der Waals surface area contributed by atoms with Crippen LogP contribution >= 0.6 is 17.8 Å². The van der Waals surface area contributed by atoms with Crippen LogP contribution in [0, 0.1) is 0 Å². The van der Waals surface area contributed by atoms with E-state index in [2.05, 4.69) is 6.92 Å². The molecule has 0 spiro atoms. The fourth-order valence-corrected chi connectivity index (χ4v) is 4.08. The Labute approximate surface area is 94.8 Å². The standard InChI is InChI=1S/C4H8O2.C4H9.2ClH.Sn/c1-2-3-4(5)6;1-3-4-2;;;/h2-3H2,1H3,(H,5,6);1,3-4H2,2H3;2*1H;/q;;;;+3/p-3. The third kappa shape index (κ3) is 24.5. The molecule has 0 aromatic rings. The summed E-state index contributed by atoms with van der Waals surface area (Å²) in [6.07, 6.45) is 3.30. The molecule has 0 bridgehead atoms. The van der Waals surface area contributed by atoms with Gasteiger partial charge in [-0.2, -0.15) is 0 Å². The molecule has 0 amide bonds. The summed E-state index contributed by atoms with van der Waals surface area (Å²) in [4.78, 5) is 9.49. The molecule has 2 nitrogen and oxygen atoms in total. The number of carbonyl (C=O) groups excluding carboxylic acids is 1. The number of hydrogen-bond acceptors (Lipinski definition) is 2. The van der Waals surface area contributed by atoms with Crippen LogP contribution in [0.25, 0.3) is 0 Å². The van der Waals surface area contributed by atoms with Gasteiger partial charge < -0.3 is 9.90 Å². The second-order valence-electron chi connectivity index (χ2n) is 2.56. The van der Waals surface area contributed by atoms with Crippen molar-refractivity contribution in [3.05, 3.63) is 0 Å². The van der Waals surface area contributed by atoms with Crippen LogP contribution in [0.1, 0.15) is 39.5 Å². The van der Waals surface area contributed by atoms with Crippen molar-refractivity contribution in [1.29, 1.82) is 0 Å². The number of aliphatic carboxylic acids is 1. The van der Waals surface area contributed by atoms with Crippen LogP contribution in [0.4, 0.5) is 0 Å². The molecule has 0 heterocycles. The van der Waals surface area contributed by atoms with Crippen molar-refractivity contribution in [3.8, 4) is 0 Å². The predicted octanol–water partition coefficient (Wildman–Crippen LogP) is 2.29. The molecule has 0 radical (unpaired) electrons. The zero-order chi connectivity index (χ0) is 10.7. The van der Waals surface area contributed by atoms with Crippen LogP contribution < -0.4 is 5.11 Å². The van der Waals surface area contributed by atoms with Crippen molar-refractivity contribution in [2.45, 2.75) is 44.0 Å². The summed E-state index contributed by atoms with van der Waals surface area (Å²) in [6, 6.07) is 0. The van der Waals surface area contributed by atoms with E-state index in [-0.39, 0.29) is 6.42 Å². The van der Waals surface area contributed by atoms with Gasteiger partial charge in [-0.15, -0.1) is 0 Å². The monoisotopic (exact) mass is 334 g/mol. The van der Waals surface area contributed by atoms with Crippen molar-refractivity contribution < 1.29 is 9.90 Å². The van der Waals surface area contributed by atoms with Gasteiger partial charge in [0.15, 0.2) is 0 Å². The predicted molar refractivity (Wildman–Crippen MR) is 57.1 cm³/mol. The molecular formula is C8H16Cl2O2Sn. The molecule has 0 aromatic heterocycles. The van der Waals surface area contributed by atoms with Crippen molar-refractivity contribution in [1.82, 2.24) is 0 Å². The van der Waals surface area contributed by atoms with Crippen LogP contribution in [0.5, 0.6) is 0 Å². The molecule has 0 aliphatic carbocycles. The molecule has 0 atom stereocenters. The Bertz CT molecular complexity index is 121. The topological polar surface area (TPSA) is 40.1 Å². The number of carboxylic acid groups (broad SMARTS) is 1. The Morgan fingerprint density at radius 2 is 1.85 bits per heavy atom. The first-order chi connectivity index (χ1) is 6.04. The van der Waals surface area contributed by atoms with Gasteiger partial charge in [-0.3, -0.25) is 0 Å². The molecule has 78 valence electrons. The minimum atomic E-state index is -1.70. The van der Waals surface area contributed by atoms with Crippen LogP contribution in [0.3, 0.4) is 0 Å². The van der Waals surface area contributed by atoms with Crippen molar-refractivity contribution in [3.63, 3.8) is 0 Å². The van der Waals surface area contributed by atoms with Crippen molar-refractivity contribution >= 4 is 41.3 Å². The maximum absolute atomic E-state index is 9.49. The molecule has 0 saturated carbocycles. The molecule has 0 aliphatic heterocycles. The van der Waals surface area contributed by atoms with E-state index < -0.39 is 23.5 Å². The van der Waals surface area contributed by atoms with Gasteiger partial charge in [-0.1, -0.05) is 13.3 Å². The van der Waals surface area contributed by atoms with Gasteiger partial charge in [0.05, 0.1) is 0 Å². The first-order valence-electron chi connectivity index (χ1n) is 4.41. The van der Waals surface area contributed by atoms with Crippen molar-refractivity contribution in [2.24, 2.45) is 0 Å². The Morgan fingerprint density at radius 1 is 1.31 bits per heavy atom. The van der Waals surface area contributed by atoms with E-state index in [9.17, 15) is 9.90 Å². The fourth-order valence-electron chi connectivity index (χ4n) is 0.515. The van der Waals surface area contributed by atoms with E-state index in [4.69, 9.17) is 17.8 Å². The average molecular weight is 334 g/mol. The van der Waals surface area contributed by atoms with Crippen LogP contribution in [0.15, 0.2) is 0 Å². The van der Waals surface area contributed by atoms with Gasteiger partial charge in [-0.05, 0) is 6.42 Å². The molecule has 13 heavy (non-hydrogen) atoms. The van der Waals surface area contributed by atoms with Gasteiger partial charge in [0.25, 0.3) is 0 Å². The number of halogens is 2. The molecule has 0 unspecified atom stereocenters. The molecule has 0 saturated heterocycles. The number of rotatable bonds is 5. The Hall–Kier alpha value is 0.849. The second kappa shape index (κ2) is 12.8. The molecule has 0 N–H and O–H groups in total. The minimum absolute atomic E-state index is 0.181. The van der Waals surface area contributed by atoms with Gasteiger partial charge in [-0.25, -0.2) is 0 Å². The summed E-state index contributed by atoms with van der Waals surface area (Å²) >= 11 is -1.70. The Balaban J connectivity index is 0. The molecule has 0 rings (SSSR count). The summed E-state index contributed by atoms with van der Waals surface area (Å²) < 4.78 is 1.13. The third-order valence-electron chi connectivity index (χ3n) is 1.17.